The highest BCUT2D eigenvalue weighted by Crippen LogP contribution is 2.19. The average Bonchev–Trinajstić information content (AvgIpc) is 3.06. The molecule has 2 N–H and O–H groups in total. The van der Waals surface area contributed by atoms with Crippen LogP contribution in [0.4, 0.5) is 0 Å². The van der Waals surface area contributed by atoms with Gasteiger partial charge in [0.15, 0.2) is 0 Å². The Morgan fingerprint density at radius 2 is 2.05 bits per heavy atom. The number of hydrogen-bond acceptors (Lipinski definition) is 5. The molecule has 0 saturated carbocycles. The normalized spacial score (nSPS) is 10.9. The highest BCUT2D eigenvalue weighted by atomic mass is 32.1. The summed E-state index contributed by atoms with van der Waals surface area (Å²) in [7, 11) is 0. The van der Waals surface area contributed by atoms with Gasteiger partial charge in [-0.3, -0.25) is 0 Å². The Kier molecular flexibility index (Phi) is 3.58. The summed E-state index contributed by atoms with van der Waals surface area (Å²) in [5, 5.41) is 11.2. The van der Waals surface area contributed by atoms with Crippen molar-refractivity contribution in [3.63, 3.8) is 0 Å². The lowest BCUT2D eigenvalue weighted by Gasteiger charge is -2.05. The molecule has 5 nitrogen and oxygen atoms in total. The summed E-state index contributed by atoms with van der Waals surface area (Å²) in [5.41, 5.74) is 9.79. The SMILES string of the molecule is Cc1csc(-n2nnc(CN)c2Cc2ccccc2)n1. The Bertz CT molecular complexity index is 701. The van der Waals surface area contributed by atoms with Crippen LogP contribution in [-0.2, 0) is 13.0 Å². The molecule has 1 aromatic carbocycles. The van der Waals surface area contributed by atoms with Gasteiger partial charge in [0.05, 0.1) is 11.4 Å². The van der Waals surface area contributed by atoms with Crippen molar-refractivity contribution in [2.45, 2.75) is 19.9 Å². The van der Waals surface area contributed by atoms with Gasteiger partial charge in [0.1, 0.15) is 5.69 Å². The van der Waals surface area contributed by atoms with Crippen molar-refractivity contribution in [2.75, 3.05) is 0 Å². The lowest BCUT2D eigenvalue weighted by molar-refractivity contribution is 0.764. The number of aromatic nitrogens is 4. The van der Waals surface area contributed by atoms with Crippen LogP contribution < -0.4 is 5.73 Å². The zero-order valence-electron chi connectivity index (χ0n) is 11.2. The third-order valence-electron chi connectivity index (χ3n) is 3.04. The van der Waals surface area contributed by atoms with E-state index in [4.69, 9.17) is 5.73 Å². The maximum absolute atomic E-state index is 5.77. The summed E-state index contributed by atoms with van der Waals surface area (Å²) < 4.78 is 1.80. The molecule has 0 spiro atoms. The van der Waals surface area contributed by atoms with Crippen LogP contribution in [0.1, 0.15) is 22.6 Å². The molecule has 0 atom stereocenters. The Hall–Kier alpha value is -2.05. The maximum Gasteiger partial charge on any atom is 0.212 e. The van der Waals surface area contributed by atoms with Crippen LogP contribution in [0.3, 0.4) is 0 Å². The molecule has 2 heterocycles. The number of aryl methyl sites for hydroxylation is 1. The van der Waals surface area contributed by atoms with Gasteiger partial charge >= 0.3 is 0 Å². The summed E-state index contributed by atoms with van der Waals surface area (Å²) >= 11 is 1.56. The number of nitrogens with zero attached hydrogens (tertiary/aromatic N) is 4. The fourth-order valence-corrected chi connectivity index (χ4v) is 2.82. The molecule has 0 radical (unpaired) electrons. The fraction of sp³-hybridized carbons (Fsp3) is 0.214. The summed E-state index contributed by atoms with van der Waals surface area (Å²) in [5.74, 6) is 0. The van der Waals surface area contributed by atoms with Gasteiger partial charge < -0.3 is 5.73 Å². The standard InChI is InChI=1S/C14H15N5S/c1-10-9-20-14(16-10)19-13(12(8-15)17-18-19)7-11-5-3-2-4-6-11/h2-6,9H,7-8,15H2,1H3. The first-order valence-corrected chi connectivity index (χ1v) is 7.26. The van der Waals surface area contributed by atoms with Gasteiger partial charge in [-0.05, 0) is 12.5 Å². The first-order chi connectivity index (χ1) is 9.78. The molecule has 2 aromatic heterocycles. The van der Waals surface area contributed by atoms with Gasteiger partial charge in [0, 0.05) is 18.3 Å². The Morgan fingerprint density at radius 1 is 1.25 bits per heavy atom. The molecule has 3 rings (SSSR count). The number of hydrogen-bond donors (Lipinski definition) is 1. The van der Waals surface area contributed by atoms with E-state index in [0.29, 0.717) is 6.54 Å². The predicted molar refractivity (Wildman–Crippen MR) is 78.9 cm³/mol. The van der Waals surface area contributed by atoms with Crippen molar-refractivity contribution in [2.24, 2.45) is 5.73 Å². The Balaban J connectivity index is 2.02. The van der Waals surface area contributed by atoms with E-state index in [2.05, 4.69) is 27.4 Å². The fourth-order valence-electron chi connectivity index (χ4n) is 2.05. The second kappa shape index (κ2) is 5.52. The lowest BCUT2D eigenvalue weighted by atomic mass is 10.1. The zero-order chi connectivity index (χ0) is 13.9. The minimum Gasteiger partial charge on any atom is -0.325 e. The molecule has 0 unspecified atom stereocenters. The second-order valence-electron chi connectivity index (χ2n) is 4.53. The molecule has 0 saturated heterocycles. The van der Waals surface area contributed by atoms with Crippen LogP contribution in [0.5, 0.6) is 0 Å². The van der Waals surface area contributed by atoms with E-state index in [1.54, 1.807) is 16.0 Å². The largest absolute Gasteiger partial charge is 0.325 e. The molecule has 0 aliphatic heterocycles. The van der Waals surface area contributed by atoms with E-state index in [1.807, 2.05) is 30.5 Å². The predicted octanol–water partition coefficient (Wildman–Crippen LogP) is 2.08. The first kappa shape index (κ1) is 13.0. The van der Waals surface area contributed by atoms with Gasteiger partial charge in [-0.25, -0.2) is 4.98 Å². The van der Waals surface area contributed by atoms with Crippen molar-refractivity contribution >= 4 is 11.3 Å². The van der Waals surface area contributed by atoms with Gasteiger partial charge in [0.25, 0.3) is 0 Å². The quantitative estimate of drug-likeness (QED) is 0.797. The monoisotopic (exact) mass is 285 g/mol. The Morgan fingerprint density at radius 3 is 2.70 bits per heavy atom. The molecule has 0 amide bonds. The number of nitrogens with two attached hydrogens (primary N) is 1. The van der Waals surface area contributed by atoms with E-state index >= 15 is 0 Å². The molecule has 20 heavy (non-hydrogen) atoms. The smallest absolute Gasteiger partial charge is 0.212 e. The Labute approximate surface area is 121 Å². The van der Waals surface area contributed by atoms with Crippen molar-refractivity contribution in [3.05, 3.63) is 58.4 Å². The molecule has 0 aliphatic carbocycles. The molecule has 0 fully saturated rings. The van der Waals surface area contributed by atoms with Gasteiger partial charge in [-0.2, -0.15) is 4.68 Å². The summed E-state index contributed by atoms with van der Waals surface area (Å²) in [4.78, 5) is 4.47. The minimum atomic E-state index is 0.381. The zero-order valence-corrected chi connectivity index (χ0v) is 12.0. The highest BCUT2D eigenvalue weighted by molar-refractivity contribution is 7.12. The summed E-state index contributed by atoms with van der Waals surface area (Å²) in [6.07, 6.45) is 0.749. The molecule has 3 aromatic rings. The molecule has 6 heteroatoms. The van der Waals surface area contributed by atoms with Gasteiger partial charge in [-0.15, -0.1) is 16.4 Å². The third-order valence-corrected chi connectivity index (χ3v) is 3.97. The van der Waals surface area contributed by atoms with Crippen molar-refractivity contribution in [1.29, 1.82) is 0 Å². The topological polar surface area (TPSA) is 69.6 Å². The van der Waals surface area contributed by atoms with Gasteiger partial charge in [0.2, 0.25) is 5.13 Å². The van der Waals surface area contributed by atoms with Crippen molar-refractivity contribution in [1.82, 2.24) is 20.0 Å². The van der Waals surface area contributed by atoms with E-state index in [0.717, 1.165) is 28.6 Å². The minimum absolute atomic E-state index is 0.381. The van der Waals surface area contributed by atoms with Crippen LogP contribution in [0.15, 0.2) is 35.7 Å². The second-order valence-corrected chi connectivity index (χ2v) is 5.37. The summed E-state index contributed by atoms with van der Waals surface area (Å²) in [6, 6.07) is 10.2. The van der Waals surface area contributed by atoms with E-state index in [1.165, 1.54) is 5.56 Å². The molecule has 0 bridgehead atoms. The number of thiazole rings is 1. The van der Waals surface area contributed by atoms with Crippen LogP contribution in [0.25, 0.3) is 5.13 Å². The highest BCUT2D eigenvalue weighted by Gasteiger charge is 2.15. The number of benzene rings is 1. The van der Waals surface area contributed by atoms with Crippen molar-refractivity contribution < 1.29 is 0 Å². The van der Waals surface area contributed by atoms with Crippen LogP contribution in [0, 0.1) is 6.92 Å². The molecule has 0 aliphatic rings. The first-order valence-electron chi connectivity index (χ1n) is 6.38. The number of rotatable bonds is 4. The lowest BCUT2D eigenvalue weighted by Crippen LogP contribution is -2.07. The van der Waals surface area contributed by atoms with Crippen molar-refractivity contribution in [3.8, 4) is 5.13 Å². The van der Waals surface area contributed by atoms with Crippen LogP contribution >= 0.6 is 11.3 Å². The van der Waals surface area contributed by atoms with E-state index in [-0.39, 0.29) is 0 Å². The summed E-state index contributed by atoms with van der Waals surface area (Å²) in [6.45, 7) is 2.35. The van der Waals surface area contributed by atoms with Crippen LogP contribution in [-0.4, -0.2) is 20.0 Å². The average molecular weight is 285 g/mol. The third kappa shape index (κ3) is 2.48. The van der Waals surface area contributed by atoms with E-state index < -0.39 is 0 Å². The molecule has 102 valence electrons. The maximum atomic E-state index is 5.77. The molecular formula is C14H15N5S. The van der Waals surface area contributed by atoms with Crippen LogP contribution in [0.2, 0.25) is 0 Å². The van der Waals surface area contributed by atoms with Gasteiger partial charge in [-0.1, -0.05) is 35.5 Å². The molecular weight excluding hydrogens is 270 g/mol. The van der Waals surface area contributed by atoms with E-state index in [9.17, 15) is 0 Å².